The number of hydrogen-bond donors (Lipinski definition) is 1. The van der Waals surface area contributed by atoms with Crippen molar-refractivity contribution in [1.29, 1.82) is 0 Å². The summed E-state index contributed by atoms with van der Waals surface area (Å²) in [5, 5.41) is 8.90. The van der Waals surface area contributed by atoms with Crippen molar-refractivity contribution >= 4 is 12.1 Å². The van der Waals surface area contributed by atoms with E-state index < -0.39 is 17.7 Å². The quantitative estimate of drug-likeness (QED) is 0.724. The Morgan fingerprint density at radius 3 is 2.69 bits per heavy atom. The van der Waals surface area contributed by atoms with Crippen molar-refractivity contribution in [2.24, 2.45) is 0 Å². The molecule has 1 fully saturated rings. The van der Waals surface area contributed by atoms with E-state index in [0.717, 1.165) is 0 Å². The van der Waals surface area contributed by atoms with Gasteiger partial charge in [0.25, 0.3) is 0 Å². The normalized spacial score (nSPS) is 25.2. The van der Waals surface area contributed by atoms with Gasteiger partial charge in [0, 0.05) is 13.7 Å². The lowest BCUT2D eigenvalue weighted by molar-refractivity contribution is -0.174. The second-order valence-electron chi connectivity index (χ2n) is 3.73. The Morgan fingerprint density at radius 2 is 2.19 bits per heavy atom. The van der Waals surface area contributed by atoms with Gasteiger partial charge in [0.1, 0.15) is 0 Å². The molecule has 0 radical (unpaired) electrons. The molecule has 0 bridgehead atoms. The van der Waals surface area contributed by atoms with Gasteiger partial charge < -0.3 is 19.5 Å². The first-order valence-corrected chi connectivity index (χ1v) is 5.26. The predicted molar refractivity (Wildman–Crippen MR) is 55.2 cm³/mol. The molecule has 0 aromatic heterocycles. The summed E-state index contributed by atoms with van der Waals surface area (Å²) in [4.78, 5) is 23.8. The van der Waals surface area contributed by atoms with Gasteiger partial charge in [-0.15, -0.1) is 0 Å². The molecule has 1 N–H and O–H groups in total. The van der Waals surface area contributed by atoms with Crippen LogP contribution in [-0.2, 0) is 14.3 Å². The minimum absolute atomic E-state index is 0.0394. The van der Waals surface area contributed by atoms with Crippen molar-refractivity contribution < 1.29 is 24.2 Å². The molecule has 92 valence electrons. The highest BCUT2D eigenvalue weighted by molar-refractivity contribution is 5.81. The molecule has 16 heavy (non-hydrogen) atoms. The molecule has 1 heterocycles. The Morgan fingerprint density at radius 1 is 1.50 bits per heavy atom. The van der Waals surface area contributed by atoms with E-state index in [2.05, 4.69) is 0 Å². The van der Waals surface area contributed by atoms with Crippen LogP contribution in [0.1, 0.15) is 19.8 Å². The largest absolute Gasteiger partial charge is 0.465 e. The smallest absolute Gasteiger partial charge is 0.407 e. The molecule has 1 saturated heterocycles. The second-order valence-corrected chi connectivity index (χ2v) is 3.73. The maximum Gasteiger partial charge on any atom is 0.407 e. The SMILES string of the molecule is CCOC(=O)C1(OC)CCCN(C(=O)O)C1. The van der Waals surface area contributed by atoms with Gasteiger partial charge in [-0.05, 0) is 19.8 Å². The van der Waals surface area contributed by atoms with Gasteiger partial charge in [-0.3, -0.25) is 0 Å². The van der Waals surface area contributed by atoms with Crippen LogP contribution in [0.3, 0.4) is 0 Å². The maximum absolute atomic E-state index is 11.8. The molecule has 1 atom stereocenters. The molecule has 1 unspecified atom stereocenters. The van der Waals surface area contributed by atoms with E-state index in [1.165, 1.54) is 12.0 Å². The molecular weight excluding hydrogens is 214 g/mol. The second kappa shape index (κ2) is 5.16. The number of amides is 1. The molecule has 1 amide bonds. The van der Waals surface area contributed by atoms with Crippen LogP contribution in [0.15, 0.2) is 0 Å². The summed E-state index contributed by atoms with van der Waals surface area (Å²) in [6, 6.07) is 0. The van der Waals surface area contributed by atoms with E-state index in [-0.39, 0.29) is 13.2 Å². The average molecular weight is 231 g/mol. The number of rotatable bonds is 3. The fourth-order valence-corrected chi connectivity index (χ4v) is 1.86. The zero-order valence-electron chi connectivity index (χ0n) is 9.56. The molecule has 6 nitrogen and oxygen atoms in total. The number of carbonyl (C=O) groups is 2. The van der Waals surface area contributed by atoms with Crippen LogP contribution in [0.4, 0.5) is 4.79 Å². The monoisotopic (exact) mass is 231 g/mol. The number of methoxy groups -OCH3 is 1. The number of carboxylic acid groups (broad SMARTS) is 1. The van der Waals surface area contributed by atoms with Gasteiger partial charge in [-0.25, -0.2) is 9.59 Å². The number of esters is 1. The van der Waals surface area contributed by atoms with Crippen molar-refractivity contribution in [3.8, 4) is 0 Å². The van der Waals surface area contributed by atoms with Crippen molar-refractivity contribution in [1.82, 2.24) is 4.90 Å². The summed E-state index contributed by atoms with van der Waals surface area (Å²) in [7, 11) is 1.41. The zero-order valence-corrected chi connectivity index (χ0v) is 9.56. The molecule has 1 aliphatic rings. The van der Waals surface area contributed by atoms with Gasteiger partial charge in [0.15, 0.2) is 5.60 Å². The fraction of sp³-hybridized carbons (Fsp3) is 0.800. The van der Waals surface area contributed by atoms with Crippen LogP contribution in [0.25, 0.3) is 0 Å². The van der Waals surface area contributed by atoms with Gasteiger partial charge in [0.2, 0.25) is 0 Å². The summed E-state index contributed by atoms with van der Waals surface area (Å²) in [6.45, 7) is 2.44. The van der Waals surface area contributed by atoms with Crippen LogP contribution in [0, 0.1) is 0 Å². The van der Waals surface area contributed by atoms with Crippen molar-refractivity contribution in [2.75, 3.05) is 26.8 Å². The van der Waals surface area contributed by atoms with E-state index in [1.807, 2.05) is 0 Å². The molecule has 1 aliphatic heterocycles. The van der Waals surface area contributed by atoms with Crippen LogP contribution in [0.2, 0.25) is 0 Å². The average Bonchev–Trinajstić information content (AvgIpc) is 2.29. The van der Waals surface area contributed by atoms with E-state index in [1.54, 1.807) is 6.92 Å². The van der Waals surface area contributed by atoms with Crippen molar-refractivity contribution in [3.05, 3.63) is 0 Å². The minimum Gasteiger partial charge on any atom is -0.465 e. The molecule has 0 aliphatic carbocycles. The van der Waals surface area contributed by atoms with Gasteiger partial charge in [0.05, 0.1) is 13.2 Å². The third kappa shape index (κ3) is 2.44. The first-order chi connectivity index (χ1) is 7.55. The minimum atomic E-state index is -1.13. The first kappa shape index (κ1) is 12.8. The maximum atomic E-state index is 11.8. The lowest BCUT2D eigenvalue weighted by atomic mass is 9.93. The third-order valence-electron chi connectivity index (χ3n) is 2.76. The van der Waals surface area contributed by atoms with Crippen LogP contribution >= 0.6 is 0 Å². The summed E-state index contributed by atoms with van der Waals surface area (Å²) in [5.41, 5.74) is -1.13. The Bertz CT molecular complexity index is 280. The summed E-state index contributed by atoms with van der Waals surface area (Å²) in [5.74, 6) is -0.483. The summed E-state index contributed by atoms with van der Waals surface area (Å²) >= 11 is 0. The van der Waals surface area contributed by atoms with E-state index >= 15 is 0 Å². The topological polar surface area (TPSA) is 76.1 Å². The number of likely N-dealkylation sites (tertiary alicyclic amines) is 1. The third-order valence-corrected chi connectivity index (χ3v) is 2.76. The number of piperidine rings is 1. The Labute approximate surface area is 94.1 Å². The highest BCUT2D eigenvalue weighted by atomic mass is 16.6. The van der Waals surface area contributed by atoms with Gasteiger partial charge in [-0.2, -0.15) is 0 Å². The predicted octanol–water partition coefficient (Wildman–Crippen LogP) is 0.708. The van der Waals surface area contributed by atoms with E-state index in [4.69, 9.17) is 14.6 Å². The number of ether oxygens (including phenoxy) is 2. The standard InChI is InChI=1S/C10H17NO5/c1-3-16-8(12)10(15-2)5-4-6-11(7-10)9(13)14/h3-7H2,1-2H3,(H,13,14). The molecule has 0 aromatic rings. The Balaban J connectivity index is 2.78. The van der Waals surface area contributed by atoms with Gasteiger partial charge >= 0.3 is 12.1 Å². The van der Waals surface area contributed by atoms with Crippen LogP contribution in [0.5, 0.6) is 0 Å². The molecule has 0 saturated carbocycles. The van der Waals surface area contributed by atoms with Crippen LogP contribution < -0.4 is 0 Å². The molecular formula is C10H17NO5. The Hall–Kier alpha value is -1.30. The zero-order chi connectivity index (χ0) is 12.2. The number of hydrogen-bond acceptors (Lipinski definition) is 4. The fourth-order valence-electron chi connectivity index (χ4n) is 1.86. The molecule has 0 spiro atoms. The van der Waals surface area contributed by atoms with Gasteiger partial charge in [-0.1, -0.05) is 0 Å². The highest BCUT2D eigenvalue weighted by Crippen LogP contribution is 2.26. The highest BCUT2D eigenvalue weighted by Gasteiger charge is 2.45. The molecule has 0 aromatic carbocycles. The number of nitrogens with zero attached hydrogens (tertiary/aromatic N) is 1. The van der Waals surface area contributed by atoms with E-state index in [0.29, 0.717) is 19.4 Å². The van der Waals surface area contributed by atoms with E-state index in [9.17, 15) is 9.59 Å². The van der Waals surface area contributed by atoms with Crippen LogP contribution in [-0.4, -0.2) is 54.5 Å². The van der Waals surface area contributed by atoms with Crippen molar-refractivity contribution in [3.63, 3.8) is 0 Å². The van der Waals surface area contributed by atoms with Crippen molar-refractivity contribution in [2.45, 2.75) is 25.4 Å². The lowest BCUT2D eigenvalue weighted by Gasteiger charge is -2.38. The molecule has 6 heteroatoms. The summed E-state index contributed by atoms with van der Waals surface area (Å²) < 4.78 is 10.1. The lowest BCUT2D eigenvalue weighted by Crippen LogP contribution is -2.56. The summed E-state index contributed by atoms with van der Waals surface area (Å²) in [6.07, 6.45) is 0.0517. The first-order valence-electron chi connectivity index (χ1n) is 5.26. The molecule has 1 rings (SSSR count). The Kier molecular flexibility index (Phi) is 4.12. The number of carbonyl (C=O) groups excluding carboxylic acids is 1.